The van der Waals surface area contributed by atoms with Gasteiger partial charge in [-0.25, -0.2) is 13.4 Å². The highest BCUT2D eigenvalue weighted by molar-refractivity contribution is 7.89. The Morgan fingerprint density at radius 3 is 2.84 bits per heavy atom. The van der Waals surface area contributed by atoms with E-state index < -0.39 is 10.0 Å². The van der Waals surface area contributed by atoms with E-state index in [9.17, 15) is 13.2 Å². The number of pyridine rings is 1. The largest absolute Gasteiger partial charge is 0.477 e. The van der Waals surface area contributed by atoms with Gasteiger partial charge in [0.05, 0.1) is 17.9 Å². The Labute approximate surface area is 153 Å². The van der Waals surface area contributed by atoms with Crippen molar-refractivity contribution in [2.75, 3.05) is 32.0 Å². The lowest BCUT2D eigenvalue weighted by atomic mass is 10.0. The van der Waals surface area contributed by atoms with E-state index in [1.807, 2.05) is 6.92 Å². The van der Waals surface area contributed by atoms with Crippen LogP contribution in [0.3, 0.4) is 0 Å². The molecule has 1 amide bonds. The lowest BCUT2D eigenvalue weighted by Crippen LogP contribution is -2.50. The minimum atomic E-state index is -3.17. The fourth-order valence-electron chi connectivity index (χ4n) is 3.41. The topological polar surface area (TPSA) is 79.8 Å². The van der Waals surface area contributed by atoms with E-state index in [0.29, 0.717) is 49.1 Å². The van der Waals surface area contributed by atoms with Gasteiger partial charge < -0.3 is 9.64 Å². The standard InChI is InChI=1S/C16H22ClN3O4S/c1-2-24-15-14(17)9-12(10-18-15)16(21)19-6-3-5-13(11-19)20-7-4-8-25(20,22)23/h9-10,13H,2-8,11H2,1H3/t13-/m0/s1. The highest BCUT2D eigenvalue weighted by atomic mass is 35.5. The summed E-state index contributed by atoms with van der Waals surface area (Å²) in [7, 11) is -3.17. The molecule has 0 unspecified atom stereocenters. The molecule has 2 aliphatic rings. The van der Waals surface area contributed by atoms with Crippen molar-refractivity contribution in [1.82, 2.24) is 14.2 Å². The van der Waals surface area contributed by atoms with Crippen LogP contribution in [0.4, 0.5) is 0 Å². The van der Waals surface area contributed by atoms with Gasteiger partial charge in [-0.2, -0.15) is 4.31 Å². The first-order valence-electron chi connectivity index (χ1n) is 8.49. The first kappa shape index (κ1) is 18.4. The molecule has 138 valence electrons. The molecule has 1 atom stereocenters. The molecule has 0 N–H and O–H groups in total. The van der Waals surface area contributed by atoms with Crippen LogP contribution in [0.5, 0.6) is 5.88 Å². The zero-order valence-electron chi connectivity index (χ0n) is 14.1. The number of halogens is 1. The number of ether oxygens (including phenoxy) is 1. The molecule has 1 aromatic heterocycles. The number of carbonyl (C=O) groups excluding carboxylic acids is 1. The van der Waals surface area contributed by atoms with Crippen LogP contribution < -0.4 is 4.74 Å². The Balaban J connectivity index is 1.73. The second-order valence-corrected chi connectivity index (χ2v) is 8.72. The van der Waals surface area contributed by atoms with Gasteiger partial charge in [-0.1, -0.05) is 11.6 Å². The van der Waals surface area contributed by atoms with Gasteiger partial charge in [0.1, 0.15) is 5.02 Å². The van der Waals surface area contributed by atoms with E-state index in [0.717, 1.165) is 12.8 Å². The third kappa shape index (κ3) is 3.91. The number of carbonyl (C=O) groups is 1. The Morgan fingerprint density at radius 2 is 2.20 bits per heavy atom. The van der Waals surface area contributed by atoms with Crippen molar-refractivity contribution >= 4 is 27.5 Å². The zero-order chi connectivity index (χ0) is 18.0. The molecule has 25 heavy (non-hydrogen) atoms. The van der Waals surface area contributed by atoms with Gasteiger partial charge in [-0.3, -0.25) is 4.79 Å². The fraction of sp³-hybridized carbons (Fsp3) is 0.625. The first-order valence-corrected chi connectivity index (χ1v) is 10.5. The molecular formula is C16H22ClN3O4S. The van der Waals surface area contributed by atoms with Crippen LogP contribution >= 0.6 is 11.6 Å². The predicted molar refractivity (Wildman–Crippen MR) is 94.5 cm³/mol. The van der Waals surface area contributed by atoms with Crippen molar-refractivity contribution < 1.29 is 17.9 Å². The summed E-state index contributed by atoms with van der Waals surface area (Å²) in [5.41, 5.74) is 0.387. The lowest BCUT2D eigenvalue weighted by molar-refractivity contribution is 0.0658. The average Bonchev–Trinajstić information content (AvgIpc) is 2.95. The van der Waals surface area contributed by atoms with Gasteiger partial charge in [0.25, 0.3) is 5.91 Å². The molecule has 0 aromatic carbocycles. The average molecular weight is 388 g/mol. The molecule has 0 radical (unpaired) electrons. The normalized spacial score (nSPS) is 23.6. The summed E-state index contributed by atoms with van der Waals surface area (Å²) in [6.07, 6.45) is 3.67. The maximum absolute atomic E-state index is 12.8. The van der Waals surface area contributed by atoms with Crippen molar-refractivity contribution in [2.24, 2.45) is 0 Å². The number of amides is 1. The maximum atomic E-state index is 12.8. The van der Waals surface area contributed by atoms with E-state index in [1.54, 1.807) is 15.3 Å². The van der Waals surface area contributed by atoms with Crippen molar-refractivity contribution in [3.63, 3.8) is 0 Å². The smallest absolute Gasteiger partial charge is 0.255 e. The van der Waals surface area contributed by atoms with Crippen molar-refractivity contribution in [3.05, 3.63) is 22.8 Å². The second kappa shape index (κ2) is 7.47. The molecule has 2 saturated heterocycles. The van der Waals surface area contributed by atoms with E-state index >= 15 is 0 Å². The maximum Gasteiger partial charge on any atom is 0.255 e. The summed E-state index contributed by atoms with van der Waals surface area (Å²) in [5, 5.41) is 0.295. The molecule has 1 aromatic rings. The minimum absolute atomic E-state index is 0.142. The fourth-order valence-corrected chi connectivity index (χ4v) is 5.39. The summed E-state index contributed by atoms with van der Waals surface area (Å²) in [6, 6.07) is 1.41. The van der Waals surface area contributed by atoms with Gasteiger partial charge in [-0.15, -0.1) is 0 Å². The monoisotopic (exact) mass is 387 g/mol. The highest BCUT2D eigenvalue weighted by Gasteiger charge is 2.37. The minimum Gasteiger partial charge on any atom is -0.477 e. The highest BCUT2D eigenvalue weighted by Crippen LogP contribution is 2.26. The molecule has 2 aliphatic heterocycles. The number of aromatic nitrogens is 1. The van der Waals surface area contributed by atoms with E-state index in [-0.39, 0.29) is 17.7 Å². The number of hydrogen-bond acceptors (Lipinski definition) is 5. The number of rotatable bonds is 4. The van der Waals surface area contributed by atoms with Crippen LogP contribution in [0.1, 0.15) is 36.5 Å². The summed E-state index contributed by atoms with van der Waals surface area (Å²) in [5.74, 6) is 0.328. The number of hydrogen-bond donors (Lipinski definition) is 0. The van der Waals surface area contributed by atoms with Crippen LogP contribution in [0.2, 0.25) is 5.02 Å². The summed E-state index contributed by atoms with van der Waals surface area (Å²) in [6.45, 7) is 3.83. The van der Waals surface area contributed by atoms with Crippen molar-refractivity contribution in [1.29, 1.82) is 0 Å². The van der Waals surface area contributed by atoms with Crippen LogP contribution in [-0.2, 0) is 10.0 Å². The summed E-state index contributed by atoms with van der Waals surface area (Å²) >= 11 is 6.12. The molecule has 7 nitrogen and oxygen atoms in total. The molecule has 3 heterocycles. The van der Waals surface area contributed by atoms with Gasteiger partial charge in [0.15, 0.2) is 0 Å². The molecule has 2 fully saturated rings. The lowest BCUT2D eigenvalue weighted by Gasteiger charge is -2.36. The van der Waals surface area contributed by atoms with Crippen LogP contribution in [0.25, 0.3) is 0 Å². The van der Waals surface area contributed by atoms with E-state index in [4.69, 9.17) is 16.3 Å². The predicted octanol–water partition coefficient (Wildman–Crippen LogP) is 1.77. The van der Waals surface area contributed by atoms with Gasteiger partial charge in [-0.05, 0) is 32.3 Å². The molecule has 0 spiro atoms. The summed E-state index contributed by atoms with van der Waals surface area (Å²) < 4.78 is 31.1. The van der Waals surface area contributed by atoms with Gasteiger partial charge in [0.2, 0.25) is 15.9 Å². The van der Waals surface area contributed by atoms with E-state index in [1.165, 1.54) is 6.20 Å². The number of sulfonamides is 1. The Morgan fingerprint density at radius 1 is 1.40 bits per heavy atom. The molecule has 9 heteroatoms. The van der Waals surface area contributed by atoms with Crippen LogP contribution in [0, 0.1) is 0 Å². The first-order chi connectivity index (χ1) is 11.9. The molecular weight excluding hydrogens is 366 g/mol. The Bertz CT molecular complexity index is 756. The van der Waals surface area contributed by atoms with Crippen LogP contribution in [0.15, 0.2) is 12.3 Å². The van der Waals surface area contributed by atoms with Gasteiger partial charge >= 0.3 is 0 Å². The SMILES string of the molecule is CCOc1ncc(C(=O)N2CCC[C@H](N3CCCS3(=O)=O)C2)cc1Cl. The van der Waals surface area contributed by atoms with E-state index in [2.05, 4.69) is 4.98 Å². The van der Waals surface area contributed by atoms with Crippen molar-refractivity contribution in [2.45, 2.75) is 32.2 Å². The second-order valence-electron chi connectivity index (χ2n) is 6.27. The number of nitrogens with zero attached hydrogens (tertiary/aromatic N) is 3. The quantitative estimate of drug-likeness (QED) is 0.786. The number of piperidine rings is 1. The Kier molecular flexibility index (Phi) is 5.50. The van der Waals surface area contributed by atoms with Crippen LogP contribution in [-0.4, -0.2) is 66.5 Å². The summed E-state index contributed by atoms with van der Waals surface area (Å²) in [4.78, 5) is 18.5. The number of likely N-dealkylation sites (tertiary alicyclic amines) is 1. The Hall–Kier alpha value is -1.38. The molecule has 3 rings (SSSR count). The van der Waals surface area contributed by atoms with Crippen molar-refractivity contribution in [3.8, 4) is 5.88 Å². The molecule has 0 saturated carbocycles. The molecule has 0 bridgehead atoms. The third-order valence-electron chi connectivity index (χ3n) is 4.56. The third-order valence-corrected chi connectivity index (χ3v) is 6.84. The van der Waals surface area contributed by atoms with Gasteiger partial charge in [0, 0.05) is 31.9 Å². The molecule has 0 aliphatic carbocycles. The zero-order valence-corrected chi connectivity index (χ0v) is 15.7.